The van der Waals surface area contributed by atoms with Crippen molar-refractivity contribution in [2.24, 2.45) is 0 Å². The molecule has 1 aromatic rings. The van der Waals surface area contributed by atoms with E-state index in [1.54, 1.807) is 6.07 Å². The second kappa shape index (κ2) is 5.51. The van der Waals surface area contributed by atoms with Gasteiger partial charge in [-0.1, -0.05) is 24.6 Å². The lowest BCUT2D eigenvalue weighted by Gasteiger charge is -2.09. The quantitative estimate of drug-likeness (QED) is 0.714. The van der Waals surface area contributed by atoms with E-state index in [4.69, 9.17) is 21.6 Å². The monoisotopic (exact) mass is 209 g/mol. The Balaban J connectivity index is 2.73. The van der Waals surface area contributed by atoms with Crippen molar-refractivity contribution < 1.29 is 4.74 Å². The number of rotatable bonds is 4. The standard InChI is InChI=1S/C11H12ClNO/c1-2-9-4-5-10(12)8-11(9)14-7-3-6-13/h4-5,8H,2-3,7H2,1H3. The van der Waals surface area contributed by atoms with E-state index in [0.717, 1.165) is 17.7 Å². The van der Waals surface area contributed by atoms with Crippen LogP contribution in [0.3, 0.4) is 0 Å². The van der Waals surface area contributed by atoms with Crippen LogP contribution in [0, 0.1) is 11.3 Å². The van der Waals surface area contributed by atoms with Gasteiger partial charge in [0.15, 0.2) is 0 Å². The Hall–Kier alpha value is -1.20. The topological polar surface area (TPSA) is 33.0 Å². The zero-order chi connectivity index (χ0) is 10.4. The highest BCUT2D eigenvalue weighted by atomic mass is 35.5. The summed E-state index contributed by atoms with van der Waals surface area (Å²) in [6, 6.07) is 7.61. The second-order valence-electron chi connectivity index (χ2n) is 2.86. The number of nitrogens with zero attached hydrogens (tertiary/aromatic N) is 1. The molecule has 1 aromatic carbocycles. The van der Waals surface area contributed by atoms with Crippen molar-refractivity contribution in [3.05, 3.63) is 28.8 Å². The summed E-state index contributed by atoms with van der Waals surface area (Å²) < 4.78 is 5.44. The van der Waals surface area contributed by atoms with E-state index in [1.807, 2.05) is 18.2 Å². The number of nitriles is 1. The molecule has 0 saturated heterocycles. The number of hydrogen-bond acceptors (Lipinski definition) is 2. The van der Waals surface area contributed by atoms with Gasteiger partial charge >= 0.3 is 0 Å². The molecule has 0 aromatic heterocycles. The van der Waals surface area contributed by atoms with Crippen LogP contribution >= 0.6 is 11.6 Å². The first-order valence-corrected chi connectivity index (χ1v) is 4.94. The normalized spacial score (nSPS) is 9.50. The summed E-state index contributed by atoms with van der Waals surface area (Å²) in [6.45, 7) is 2.48. The minimum atomic E-state index is 0.398. The summed E-state index contributed by atoms with van der Waals surface area (Å²) in [5.41, 5.74) is 1.12. The molecule has 0 fully saturated rings. The Bertz CT molecular complexity index is 344. The fraction of sp³-hybridized carbons (Fsp3) is 0.364. The molecule has 0 heterocycles. The highest BCUT2D eigenvalue weighted by molar-refractivity contribution is 6.30. The van der Waals surface area contributed by atoms with Gasteiger partial charge in [0.2, 0.25) is 0 Å². The summed E-state index contributed by atoms with van der Waals surface area (Å²) in [6.07, 6.45) is 1.30. The van der Waals surface area contributed by atoms with Crippen LogP contribution < -0.4 is 4.74 Å². The lowest BCUT2D eigenvalue weighted by molar-refractivity contribution is 0.323. The SMILES string of the molecule is CCc1ccc(Cl)cc1OCCC#N. The minimum absolute atomic E-state index is 0.398. The molecule has 0 amide bonds. The van der Waals surface area contributed by atoms with E-state index < -0.39 is 0 Å². The molecule has 0 radical (unpaired) electrons. The summed E-state index contributed by atoms with van der Waals surface area (Å²) in [5, 5.41) is 9.03. The summed E-state index contributed by atoms with van der Waals surface area (Å²) in [7, 11) is 0. The van der Waals surface area contributed by atoms with E-state index in [9.17, 15) is 0 Å². The number of halogens is 1. The van der Waals surface area contributed by atoms with Gasteiger partial charge in [-0.25, -0.2) is 0 Å². The third kappa shape index (κ3) is 2.93. The molecule has 2 nitrogen and oxygen atoms in total. The maximum atomic E-state index is 8.37. The van der Waals surface area contributed by atoms with E-state index in [-0.39, 0.29) is 0 Å². The average Bonchev–Trinajstić information content (AvgIpc) is 2.19. The first kappa shape index (κ1) is 10.9. The molecule has 0 aliphatic carbocycles. The third-order valence-corrected chi connectivity index (χ3v) is 2.12. The Labute approximate surface area is 89.1 Å². The van der Waals surface area contributed by atoms with Crippen molar-refractivity contribution in [1.29, 1.82) is 5.26 Å². The maximum absolute atomic E-state index is 8.37. The summed E-state index contributed by atoms with van der Waals surface area (Å²) >= 11 is 5.84. The van der Waals surface area contributed by atoms with E-state index >= 15 is 0 Å². The summed E-state index contributed by atoms with van der Waals surface area (Å²) in [5.74, 6) is 0.787. The highest BCUT2D eigenvalue weighted by Crippen LogP contribution is 2.23. The number of hydrogen-bond donors (Lipinski definition) is 0. The van der Waals surface area contributed by atoms with Gasteiger partial charge in [0.1, 0.15) is 12.4 Å². The first-order valence-electron chi connectivity index (χ1n) is 4.56. The lowest BCUT2D eigenvalue weighted by Crippen LogP contribution is -1.98. The molecule has 1 rings (SSSR count). The van der Waals surface area contributed by atoms with Crippen LogP contribution in [-0.4, -0.2) is 6.61 Å². The van der Waals surface area contributed by atoms with Gasteiger partial charge in [-0.05, 0) is 24.1 Å². The molecule has 74 valence electrons. The number of ether oxygens (including phenoxy) is 1. The van der Waals surface area contributed by atoms with Crippen molar-refractivity contribution in [1.82, 2.24) is 0 Å². The van der Waals surface area contributed by atoms with Crippen LogP contribution in [0.1, 0.15) is 18.9 Å². The number of aryl methyl sites for hydroxylation is 1. The lowest BCUT2D eigenvalue weighted by atomic mass is 10.1. The molecular weight excluding hydrogens is 198 g/mol. The van der Waals surface area contributed by atoms with Crippen molar-refractivity contribution >= 4 is 11.6 Å². The fourth-order valence-electron chi connectivity index (χ4n) is 1.16. The van der Waals surface area contributed by atoms with Crippen LogP contribution in [0.15, 0.2) is 18.2 Å². The smallest absolute Gasteiger partial charge is 0.124 e. The van der Waals surface area contributed by atoms with Crippen molar-refractivity contribution in [2.45, 2.75) is 19.8 Å². The van der Waals surface area contributed by atoms with Gasteiger partial charge in [0.25, 0.3) is 0 Å². The van der Waals surface area contributed by atoms with Crippen LogP contribution in [0.2, 0.25) is 5.02 Å². The fourth-order valence-corrected chi connectivity index (χ4v) is 1.32. The Morgan fingerprint density at radius 3 is 2.93 bits per heavy atom. The number of benzene rings is 1. The summed E-state index contributed by atoms with van der Waals surface area (Å²) in [4.78, 5) is 0. The van der Waals surface area contributed by atoms with E-state index in [2.05, 4.69) is 6.92 Å². The molecule has 0 aliphatic heterocycles. The van der Waals surface area contributed by atoms with Crippen LogP contribution in [0.5, 0.6) is 5.75 Å². The van der Waals surface area contributed by atoms with Gasteiger partial charge in [-0.2, -0.15) is 5.26 Å². The zero-order valence-electron chi connectivity index (χ0n) is 8.09. The molecular formula is C11H12ClNO. The van der Waals surface area contributed by atoms with Crippen molar-refractivity contribution in [3.63, 3.8) is 0 Å². The van der Waals surface area contributed by atoms with Gasteiger partial charge in [-0.3, -0.25) is 0 Å². The van der Waals surface area contributed by atoms with Crippen LogP contribution in [-0.2, 0) is 6.42 Å². The maximum Gasteiger partial charge on any atom is 0.124 e. The highest BCUT2D eigenvalue weighted by Gasteiger charge is 2.02. The van der Waals surface area contributed by atoms with Gasteiger partial charge in [0.05, 0.1) is 12.5 Å². The predicted molar refractivity (Wildman–Crippen MR) is 56.6 cm³/mol. The first-order chi connectivity index (χ1) is 6.77. The van der Waals surface area contributed by atoms with Gasteiger partial charge in [-0.15, -0.1) is 0 Å². The Kier molecular flexibility index (Phi) is 4.28. The Morgan fingerprint density at radius 1 is 1.50 bits per heavy atom. The van der Waals surface area contributed by atoms with Crippen molar-refractivity contribution in [3.8, 4) is 11.8 Å². The largest absolute Gasteiger partial charge is 0.492 e. The van der Waals surface area contributed by atoms with Gasteiger partial charge in [0, 0.05) is 5.02 Å². The minimum Gasteiger partial charge on any atom is -0.492 e. The third-order valence-electron chi connectivity index (χ3n) is 1.88. The molecule has 0 aliphatic rings. The molecule has 0 atom stereocenters. The molecule has 3 heteroatoms. The van der Waals surface area contributed by atoms with Gasteiger partial charge < -0.3 is 4.74 Å². The predicted octanol–water partition coefficient (Wildman–Crippen LogP) is 3.19. The molecule has 0 saturated carbocycles. The Morgan fingerprint density at radius 2 is 2.29 bits per heavy atom. The van der Waals surface area contributed by atoms with E-state index in [1.165, 1.54) is 0 Å². The second-order valence-corrected chi connectivity index (χ2v) is 3.30. The van der Waals surface area contributed by atoms with Crippen LogP contribution in [0.25, 0.3) is 0 Å². The molecule has 0 unspecified atom stereocenters. The van der Waals surface area contributed by atoms with Crippen molar-refractivity contribution in [2.75, 3.05) is 6.61 Å². The zero-order valence-corrected chi connectivity index (χ0v) is 8.84. The van der Waals surface area contributed by atoms with E-state index in [0.29, 0.717) is 18.1 Å². The average molecular weight is 210 g/mol. The van der Waals surface area contributed by atoms with Crippen LogP contribution in [0.4, 0.5) is 0 Å². The molecule has 0 spiro atoms. The molecule has 0 N–H and O–H groups in total. The molecule has 0 bridgehead atoms. The molecule has 14 heavy (non-hydrogen) atoms.